The van der Waals surface area contributed by atoms with E-state index in [9.17, 15) is 9.13 Å². The van der Waals surface area contributed by atoms with Crippen molar-refractivity contribution in [3.05, 3.63) is 12.2 Å². The quantitative estimate of drug-likeness (QED) is 0.0920. The van der Waals surface area contributed by atoms with E-state index < -0.39 is 13.0 Å². The summed E-state index contributed by atoms with van der Waals surface area (Å²) in [5, 5.41) is -0.603. The minimum Gasteiger partial charge on any atom is -0.314 e. The molecule has 0 amide bonds. The van der Waals surface area contributed by atoms with Crippen molar-refractivity contribution in [1.82, 2.24) is 0 Å². The van der Waals surface area contributed by atoms with Crippen molar-refractivity contribution in [2.24, 2.45) is 0 Å². The fraction of sp³-hybridized carbons (Fsp3) is 0.917. The van der Waals surface area contributed by atoms with Crippen LogP contribution in [-0.2, 0) is 9.13 Å². The van der Waals surface area contributed by atoms with Crippen LogP contribution in [-0.4, -0.2) is 30.9 Å². The van der Waals surface area contributed by atoms with E-state index in [-0.39, 0.29) is 0 Å². The number of nitrogens with zero attached hydrogens (tertiary/aromatic N) is 1. The van der Waals surface area contributed by atoms with Gasteiger partial charge >= 0.3 is 7.68 Å². The lowest BCUT2D eigenvalue weighted by molar-refractivity contribution is -0.908. The van der Waals surface area contributed by atoms with Gasteiger partial charge in [-0.15, -0.1) is 0 Å². The van der Waals surface area contributed by atoms with E-state index >= 15 is 0 Å². The fourth-order valence-corrected chi connectivity index (χ4v) is 5.20. The van der Waals surface area contributed by atoms with Crippen molar-refractivity contribution in [1.29, 1.82) is 0 Å². The molecular weight excluding hydrogens is 365 g/mol. The molecule has 0 aromatic rings. The highest BCUT2D eigenvalue weighted by Gasteiger charge is 2.46. The van der Waals surface area contributed by atoms with Gasteiger partial charge in [-0.1, -0.05) is 83.8 Å². The summed E-state index contributed by atoms with van der Waals surface area (Å²) in [6.45, 7) is 4.28. The predicted molar refractivity (Wildman–Crippen MR) is 123 cm³/mol. The molecule has 0 fully saturated rings. The molecule has 4 heteroatoms. The highest BCUT2D eigenvalue weighted by Crippen LogP contribution is 2.43. The van der Waals surface area contributed by atoms with E-state index in [1.807, 2.05) is 28.1 Å². The van der Waals surface area contributed by atoms with Crippen molar-refractivity contribution in [2.75, 3.05) is 21.1 Å². The Morgan fingerprint density at radius 1 is 0.679 bits per heavy atom. The van der Waals surface area contributed by atoms with Gasteiger partial charge in [0.25, 0.3) is 0 Å². The Morgan fingerprint density at radius 3 is 1.50 bits per heavy atom. The molecule has 28 heavy (non-hydrogen) atoms. The zero-order chi connectivity index (χ0) is 21.3. The lowest BCUT2D eigenvalue weighted by Crippen LogP contribution is -2.53. The molecule has 0 N–H and O–H groups in total. The first kappa shape index (κ1) is 27.6. The third kappa shape index (κ3) is 11.6. The number of unbranched alkanes of at least 4 members (excludes halogenated alkanes) is 12. The standard InChI is InChI=1S/C24H49NO2P/c1-6-8-9-10-11-12-13-14-15-16-17-18-19-20-21-22-23-24(7-2,28(26)27)25(3,4)5/h15-16H,6-14,17-23H2,1-5H3/q+1. The van der Waals surface area contributed by atoms with Gasteiger partial charge in [-0.2, -0.15) is 0 Å². The first-order chi connectivity index (χ1) is 13.3. The summed E-state index contributed by atoms with van der Waals surface area (Å²) in [7, 11) is 3.61. The van der Waals surface area contributed by atoms with Crippen LogP contribution in [0.15, 0.2) is 12.2 Å². The van der Waals surface area contributed by atoms with Crippen LogP contribution in [0.1, 0.15) is 117 Å². The maximum atomic E-state index is 11.9. The molecule has 0 aliphatic heterocycles. The Bertz CT molecular complexity index is 458. The summed E-state index contributed by atoms with van der Waals surface area (Å²) in [5.74, 6) is 0. The minimum absolute atomic E-state index is 0.506. The molecule has 0 aromatic carbocycles. The molecule has 0 heterocycles. The van der Waals surface area contributed by atoms with Crippen molar-refractivity contribution >= 4 is 7.68 Å². The Kier molecular flexibility index (Phi) is 16.2. The van der Waals surface area contributed by atoms with Crippen molar-refractivity contribution < 1.29 is 13.6 Å². The number of rotatable bonds is 19. The summed E-state index contributed by atoms with van der Waals surface area (Å²) in [5.41, 5.74) is 0. The molecule has 0 aromatic heterocycles. The van der Waals surface area contributed by atoms with Gasteiger partial charge in [-0.05, 0) is 32.1 Å². The third-order valence-corrected chi connectivity index (χ3v) is 8.06. The van der Waals surface area contributed by atoms with Gasteiger partial charge in [0, 0.05) is 12.8 Å². The molecule has 0 rings (SSSR count). The fourth-order valence-electron chi connectivity index (χ4n) is 4.11. The summed E-state index contributed by atoms with van der Waals surface area (Å²) < 4.78 is 24.3. The predicted octanol–water partition coefficient (Wildman–Crippen LogP) is 8.40. The first-order valence-corrected chi connectivity index (χ1v) is 13.1. The molecule has 0 aliphatic rings. The van der Waals surface area contributed by atoms with Gasteiger partial charge in [0.15, 0.2) is 0 Å². The van der Waals surface area contributed by atoms with Crippen LogP contribution in [0.4, 0.5) is 0 Å². The highest BCUT2D eigenvalue weighted by atomic mass is 31.1. The molecule has 0 spiro atoms. The third-order valence-electron chi connectivity index (χ3n) is 6.24. The zero-order valence-corrected chi connectivity index (χ0v) is 20.6. The van der Waals surface area contributed by atoms with Crippen LogP contribution >= 0.6 is 7.68 Å². The molecule has 0 saturated heterocycles. The topological polar surface area (TPSA) is 34.1 Å². The van der Waals surface area contributed by atoms with Crippen molar-refractivity contribution in [2.45, 2.75) is 122 Å². The minimum atomic E-state index is -2.42. The summed E-state index contributed by atoms with van der Waals surface area (Å²) in [6.07, 6.45) is 24.2. The van der Waals surface area contributed by atoms with Crippen molar-refractivity contribution in [3.8, 4) is 0 Å². The maximum absolute atomic E-state index is 11.9. The second-order valence-corrected chi connectivity index (χ2v) is 10.6. The van der Waals surface area contributed by atoms with E-state index in [2.05, 4.69) is 19.1 Å². The lowest BCUT2D eigenvalue weighted by atomic mass is 10.0. The van der Waals surface area contributed by atoms with Gasteiger partial charge in [-0.25, -0.2) is 9.13 Å². The van der Waals surface area contributed by atoms with Crippen LogP contribution in [0.5, 0.6) is 0 Å². The van der Waals surface area contributed by atoms with Crippen molar-refractivity contribution in [3.63, 3.8) is 0 Å². The summed E-state index contributed by atoms with van der Waals surface area (Å²) in [6, 6.07) is 0. The molecule has 3 nitrogen and oxygen atoms in total. The zero-order valence-electron chi connectivity index (χ0n) is 19.7. The maximum Gasteiger partial charge on any atom is 0.378 e. The van der Waals surface area contributed by atoms with Crippen LogP contribution < -0.4 is 0 Å². The number of quaternary nitrogens is 1. The van der Waals surface area contributed by atoms with E-state index in [1.165, 1.54) is 77.0 Å². The van der Waals surface area contributed by atoms with E-state index in [0.717, 1.165) is 19.3 Å². The van der Waals surface area contributed by atoms with Gasteiger partial charge in [0.2, 0.25) is 5.28 Å². The second-order valence-electron chi connectivity index (χ2n) is 9.29. The molecule has 0 saturated carbocycles. The Hall–Kier alpha value is -0.400. The van der Waals surface area contributed by atoms with Gasteiger partial charge < -0.3 is 4.48 Å². The van der Waals surface area contributed by atoms with Crippen LogP contribution in [0.2, 0.25) is 0 Å². The normalized spacial score (nSPS) is 14.5. The highest BCUT2D eigenvalue weighted by molar-refractivity contribution is 7.32. The SMILES string of the molecule is CCCCCCCCCC=CCCCCCCCC(CC)(P(=O)=O)[N+](C)(C)C. The largest absolute Gasteiger partial charge is 0.378 e. The average Bonchev–Trinajstić information content (AvgIpc) is 2.63. The molecule has 0 aliphatic carbocycles. The van der Waals surface area contributed by atoms with E-state index in [4.69, 9.17) is 0 Å². The first-order valence-electron chi connectivity index (χ1n) is 11.9. The second kappa shape index (κ2) is 16.4. The molecule has 1 atom stereocenters. The van der Waals surface area contributed by atoms with Crippen LogP contribution in [0, 0.1) is 0 Å². The Balaban J connectivity index is 3.69. The lowest BCUT2D eigenvalue weighted by Gasteiger charge is -2.40. The Labute approximate surface area is 176 Å². The molecular formula is C24H49NO2P+. The number of hydrogen-bond acceptors (Lipinski definition) is 2. The summed E-state index contributed by atoms with van der Waals surface area (Å²) >= 11 is 0. The summed E-state index contributed by atoms with van der Waals surface area (Å²) in [4.78, 5) is 0. The smallest absolute Gasteiger partial charge is 0.314 e. The number of allylic oxidation sites excluding steroid dienone is 2. The van der Waals surface area contributed by atoms with E-state index in [0.29, 0.717) is 10.9 Å². The average molecular weight is 415 g/mol. The number of hydrogen-bond donors (Lipinski definition) is 0. The van der Waals surface area contributed by atoms with E-state index in [1.54, 1.807) is 0 Å². The molecule has 0 bridgehead atoms. The van der Waals surface area contributed by atoms with Gasteiger partial charge in [0.1, 0.15) is 0 Å². The molecule has 1 unspecified atom stereocenters. The monoisotopic (exact) mass is 414 g/mol. The molecule has 0 radical (unpaired) electrons. The van der Waals surface area contributed by atoms with Gasteiger partial charge in [0.05, 0.1) is 21.1 Å². The van der Waals surface area contributed by atoms with Gasteiger partial charge in [-0.3, -0.25) is 0 Å². The van der Waals surface area contributed by atoms with Crippen LogP contribution in [0.3, 0.4) is 0 Å². The Morgan fingerprint density at radius 2 is 1.11 bits per heavy atom. The molecule has 166 valence electrons. The van der Waals surface area contributed by atoms with Crippen LogP contribution in [0.25, 0.3) is 0 Å².